The van der Waals surface area contributed by atoms with Gasteiger partial charge < -0.3 is 10.6 Å². The Bertz CT molecular complexity index is 1620. The number of nitrogens with one attached hydrogen (secondary N) is 2. The van der Waals surface area contributed by atoms with Crippen LogP contribution in [0.25, 0.3) is 16.9 Å². The van der Waals surface area contributed by atoms with Gasteiger partial charge in [0.25, 0.3) is 0 Å². The van der Waals surface area contributed by atoms with Gasteiger partial charge in [-0.1, -0.05) is 84.4 Å². The van der Waals surface area contributed by atoms with Gasteiger partial charge in [-0.05, 0) is 51.0 Å². The molecule has 8 heteroatoms. The standard InChI is InChI=1S/C30H25BrClN5O/c31-25-18-35-37-28(15-27(36-29(25)37)22-11-4-5-12-26(22)32)33-16-19-7-6-8-20(13-19)17-34-30(38)24-14-23(24)21-9-2-1-3-10-21/h1-13,15,18,23-24,33H,14,16-17H2,(H,34,38)/t23-,24+/m0/s1. The molecule has 0 saturated heterocycles. The molecular formula is C30H25BrClN5O. The minimum atomic E-state index is 0.0667. The molecule has 2 heterocycles. The summed E-state index contributed by atoms with van der Waals surface area (Å²) in [7, 11) is 0. The number of rotatable bonds is 8. The van der Waals surface area contributed by atoms with Gasteiger partial charge in [-0.2, -0.15) is 9.61 Å². The second-order valence-electron chi connectivity index (χ2n) is 9.49. The summed E-state index contributed by atoms with van der Waals surface area (Å²) in [4.78, 5) is 17.5. The molecule has 1 saturated carbocycles. The first-order valence-corrected chi connectivity index (χ1v) is 13.7. The SMILES string of the molecule is O=C(NCc1cccc(CNc2cc(-c3ccccc3Cl)nc3c(Br)cnn23)c1)[C@@H]1C[C@H]1c1ccccc1. The first-order valence-electron chi connectivity index (χ1n) is 12.5. The third kappa shape index (κ3) is 5.17. The van der Waals surface area contributed by atoms with E-state index in [-0.39, 0.29) is 11.8 Å². The summed E-state index contributed by atoms with van der Waals surface area (Å²) in [5, 5.41) is 11.7. The first-order chi connectivity index (χ1) is 18.6. The molecule has 1 fully saturated rings. The van der Waals surface area contributed by atoms with Crippen LogP contribution in [0.4, 0.5) is 5.82 Å². The molecule has 1 aliphatic rings. The molecule has 0 unspecified atom stereocenters. The van der Waals surface area contributed by atoms with Crippen molar-refractivity contribution >= 4 is 44.9 Å². The van der Waals surface area contributed by atoms with E-state index in [9.17, 15) is 4.79 Å². The summed E-state index contributed by atoms with van der Waals surface area (Å²) in [5.74, 6) is 1.33. The Kier molecular flexibility index (Phi) is 6.87. The van der Waals surface area contributed by atoms with Crippen LogP contribution in [-0.2, 0) is 17.9 Å². The third-order valence-electron chi connectivity index (χ3n) is 6.87. The lowest BCUT2D eigenvalue weighted by Gasteiger charge is -2.12. The molecule has 3 aromatic carbocycles. The average Bonchev–Trinajstić information content (AvgIpc) is 3.67. The number of carbonyl (C=O) groups excluding carboxylic acids is 1. The average molecular weight is 587 g/mol. The van der Waals surface area contributed by atoms with Gasteiger partial charge >= 0.3 is 0 Å². The normalized spacial score (nSPS) is 16.4. The van der Waals surface area contributed by atoms with E-state index in [0.717, 1.165) is 39.1 Å². The van der Waals surface area contributed by atoms with Crippen molar-refractivity contribution in [3.8, 4) is 11.3 Å². The van der Waals surface area contributed by atoms with Gasteiger partial charge in [0.15, 0.2) is 5.65 Å². The zero-order chi connectivity index (χ0) is 26.1. The van der Waals surface area contributed by atoms with E-state index in [0.29, 0.717) is 29.7 Å². The molecule has 6 nitrogen and oxygen atoms in total. The highest BCUT2D eigenvalue weighted by Crippen LogP contribution is 2.47. The maximum Gasteiger partial charge on any atom is 0.224 e. The molecule has 0 aliphatic heterocycles. The molecule has 0 spiro atoms. The number of hydrogen-bond donors (Lipinski definition) is 2. The Balaban J connectivity index is 1.14. The number of amides is 1. The molecule has 190 valence electrons. The summed E-state index contributed by atoms with van der Waals surface area (Å²) in [5.41, 5.74) is 5.73. The monoisotopic (exact) mass is 585 g/mol. The second-order valence-corrected chi connectivity index (χ2v) is 10.7. The number of fused-ring (bicyclic) bond motifs is 1. The number of nitrogens with zero attached hydrogens (tertiary/aromatic N) is 3. The number of anilines is 1. The van der Waals surface area contributed by atoms with Crippen LogP contribution in [0.15, 0.2) is 95.6 Å². The van der Waals surface area contributed by atoms with Crippen LogP contribution in [-0.4, -0.2) is 20.5 Å². The topological polar surface area (TPSA) is 71.3 Å². The zero-order valence-electron chi connectivity index (χ0n) is 20.4. The van der Waals surface area contributed by atoms with E-state index < -0.39 is 0 Å². The van der Waals surface area contributed by atoms with E-state index in [2.05, 4.69) is 55.9 Å². The van der Waals surface area contributed by atoms with E-state index in [1.165, 1.54) is 5.56 Å². The van der Waals surface area contributed by atoms with Crippen LogP contribution in [0.2, 0.25) is 5.02 Å². The number of carbonyl (C=O) groups is 1. The van der Waals surface area contributed by atoms with Crippen molar-refractivity contribution in [3.63, 3.8) is 0 Å². The summed E-state index contributed by atoms with van der Waals surface area (Å²) in [6.07, 6.45) is 2.65. The van der Waals surface area contributed by atoms with Crippen LogP contribution in [0, 0.1) is 5.92 Å². The third-order valence-corrected chi connectivity index (χ3v) is 7.75. The Morgan fingerprint density at radius 3 is 2.55 bits per heavy atom. The fraction of sp³-hybridized carbons (Fsp3) is 0.167. The van der Waals surface area contributed by atoms with Gasteiger partial charge in [0, 0.05) is 35.7 Å². The fourth-order valence-electron chi connectivity index (χ4n) is 4.78. The van der Waals surface area contributed by atoms with Gasteiger partial charge in [-0.15, -0.1) is 0 Å². The maximum absolute atomic E-state index is 12.7. The molecule has 5 aromatic rings. The Morgan fingerprint density at radius 2 is 1.74 bits per heavy atom. The Labute approximate surface area is 234 Å². The van der Waals surface area contributed by atoms with Gasteiger partial charge in [0.1, 0.15) is 5.82 Å². The van der Waals surface area contributed by atoms with Gasteiger partial charge in [-0.3, -0.25) is 4.79 Å². The van der Waals surface area contributed by atoms with Crippen molar-refractivity contribution in [1.82, 2.24) is 19.9 Å². The van der Waals surface area contributed by atoms with E-state index in [1.807, 2.05) is 60.7 Å². The highest BCUT2D eigenvalue weighted by molar-refractivity contribution is 9.10. The van der Waals surface area contributed by atoms with Crippen molar-refractivity contribution < 1.29 is 4.79 Å². The van der Waals surface area contributed by atoms with Crippen LogP contribution >= 0.6 is 27.5 Å². The number of benzene rings is 3. The molecule has 38 heavy (non-hydrogen) atoms. The zero-order valence-corrected chi connectivity index (χ0v) is 22.8. The number of halogens is 2. The van der Waals surface area contributed by atoms with Crippen LogP contribution in [0.5, 0.6) is 0 Å². The van der Waals surface area contributed by atoms with Gasteiger partial charge in [-0.25, -0.2) is 4.98 Å². The quantitative estimate of drug-likeness (QED) is 0.209. The molecule has 2 aromatic heterocycles. The highest BCUT2D eigenvalue weighted by atomic mass is 79.9. The van der Waals surface area contributed by atoms with Crippen molar-refractivity contribution in [2.75, 3.05) is 5.32 Å². The van der Waals surface area contributed by atoms with Crippen molar-refractivity contribution in [3.05, 3.63) is 117 Å². The first kappa shape index (κ1) is 24.6. The van der Waals surface area contributed by atoms with Crippen molar-refractivity contribution in [1.29, 1.82) is 0 Å². The largest absolute Gasteiger partial charge is 0.366 e. The predicted octanol–water partition coefficient (Wildman–Crippen LogP) is 6.84. The van der Waals surface area contributed by atoms with Crippen LogP contribution in [0.3, 0.4) is 0 Å². The maximum atomic E-state index is 12.7. The lowest BCUT2D eigenvalue weighted by molar-refractivity contribution is -0.122. The molecule has 0 bridgehead atoms. The molecule has 6 rings (SSSR count). The van der Waals surface area contributed by atoms with Crippen LogP contribution in [0.1, 0.15) is 29.0 Å². The fourth-order valence-corrected chi connectivity index (χ4v) is 5.37. The Morgan fingerprint density at radius 1 is 0.974 bits per heavy atom. The molecule has 1 amide bonds. The minimum absolute atomic E-state index is 0.0667. The minimum Gasteiger partial charge on any atom is -0.366 e. The predicted molar refractivity (Wildman–Crippen MR) is 154 cm³/mol. The summed E-state index contributed by atoms with van der Waals surface area (Å²) >= 11 is 10.0. The molecule has 0 radical (unpaired) electrons. The highest BCUT2D eigenvalue weighted by Gasteiger charge is 2.43. The van der Waals surface area contributed by atoms with Gasteiger partial charge in [0.05, 0.1) is 16.4 Å². The summed E-state index contributed by atoms with van der Waals surface area (Å²) in [6, 6.07) is 28.1. The summed E-state index contributed by atoms with van der Waals surface area (Å²) in [6.45, 7) is 1.09. The molecular weight excluding hydrogens is 562 g/mol. The van der Waals surface area contributed by atoms with Gasteiger partial charge in [0.2, 0.25) is 5.91 Å². The second kappa shape index (κ2) is 10.6. The number of aromatic nitrogens is 3. The van der Waals surface area contributed by atoms with E-state index >= 15 is 0 Å². The molecule has 2 N–H and O–H groups in total. The van der Waals surface area contributed by atoms with E-state index in [1.54, 1.807) is 10.7 Å². The van der Waals surface area contributed by atoms with Crippen molar-refractivity contribution in [2.45, 2.75) is 25.4 Å². The lowest BCUT2D eigenvalue weighted by Crippen LogP contribution is -2.25. The Hall–Kier alpha value is -3.68. The van der Waals surface area contributed by atoms with Crippen molar-refractivity contribution in [2.24, 2.45) is 5.92 Å². The van der Waals surface area contributed by atoms with Crippen LogP contribution < -0.4 is 10.6 Å². The lowest BCUT2D eigenvalue weighted by atomic mass is 10.1. The molecule has 1 aliphatic carbocycles. The summed E-state index contributed by atoms with van der Waals surface area (Å²) < 4.78 is 2.57. The number of hydrogen-bond acceptors (Lipinski definition) is 4. The van der Waals surface area contributed by atoms with E-state index in [4.69, 9.17) is 16.6 Å². The molecule has 2 atom stereocenters. The smallest absolute Gasteiger partial charge is 0.224 e.